The third kappa shape index (κ3) is 3.75. The lowest BCUT2D eigenvalue weighted by molar-refractivity contribution is -0.385. The molecule has 8 heteroatoms. The highest BCUT2D eigenvalue weighted by molar-refractivity contribution is 5.79. The molecule has 0 fully saturated rings. The molecule has 106 valence electrons. The predicted molar refractivity (Wildman–Crippen MR) is 67.8 cm³/mol. The van der Waals surface area contributed by atoms with Crippen molar-refractivity contribution in [2.24, 2.45) is 0 Å². The fourth-order valence-electron chi connectivity index (χ4n) is 1.67. The molecule has 0 bridgehead atoms. The molecule has 1 amide bonds. The minimum absolute atomic E-state index is 0.0842. The van der Waals surface area contributed by atoms with Crippen LogP contribution in [0.5, 0.6) is 0 Å². The SMILES string of the molecule is COCCCNC(=O)C(C)n1ncc([N+](=O)[O-])c1C. The van der Waals surface area contributed by atoms with Crippen molar-refractivity contribution in [2.75, 3.05) is 20.3 Å². The van der Waals surface area contributed by atoms with Gasteiger partial charge in [0.05, 0.1) is 4.92 Å². The second-order valence-corrected chi connectivity index (χ2v) is 4.13. The third-order valence-electron chi connectivity index (χ3n) is 2.79. The first-order chi connectivity index (χ1) is 8.99. The summed E-state index contributed by atoms with van der Waals surface area (Å²) in [5.74, 6) is -0.225. The zero-order valence-corrected chi connectivity index (χ0v) is 11.3. The van der Waals surface area contributed by atoms with Crippen LogP contribution in [-0.4, -0.2) is 40.9 Å². The number of hydrogen-bond acceptors (Lipinski definition) is 5. The standard InChI is InChI=1S/C11H18N4O4/c1-8-10(15(17)18)7-13-14(8)9(2)11(16)12-5-4-6-19-3/h7,9H,4-6H2,1-3H3,(H,12,16). The van der Waals surface area contributed by atoms with E-state index in [1.165, 1.54) is 4.68 Å². The first-order valence-electron chi connectivity index (χ1n) is 5.94. The first-order valence-corrected chi connectivity index (χ1v) is 5.94. The fourth-order valence-corrected chi connectivity index (χ4v) is 1.67. The molecule has 0 aromatic carbocycles. The van der Waals surface area contributed by atoms with E-state index < -0.39 is 11.0 Å². The van der Waals surface area contributed by atoms with Crippen molar-refractivity contribution in [2.45, 2.75) is 26.3 Å². The molecule has 0 aliphatic heterocycles. The molecule has 0 aliphatic rings. The molecule has 0 aliphatic carbocycles. The van der Waals surface area contributed by atoms with E-state index >= 15 is 0 Å². The van der Waals surface area contributed by atoms with Crippen LogP contribution >= 0.6 is 0 Å². The van der Waals surface area contributed by atoms with E-state index in [0.29, 0.717) is 25.3 Å². The molecule has 8 nitrogen and oxygen atoms in total. The Balaban J connectivity index is 2.64. The van der Waals surface area contributed by atoms with Crippen LogP contribution in [0.25, 0.3) is 0 Å². The van der Waals surface area contributed by atoms with Crippen LogP contribution in [0.3, 0.4) is 0 Å². The van der Waals surface area contributed by atoms with Gasteiger partial charge in [-0.3, -0.25) is 19.6 Å². The Labute approximate surface area is 110 Å². The lowest BCUT2D eigenvalue weighted by Gasteiger charge is -2.13. The summed E-state index contributed by atoms with van der Waals surface area (Å²) in [4.78, 5) is 22.1. The summed E-state index contributed by atoms with van der Waals surface area (Å²) < 4.78 is 6.22. The summed E-state index contributed by atoms with van der Waals surface area (Å²) >= 11 is 0. The lowest BCUT2D eigenvalue weighted by atomic mass is 10.3. The Kier molecular flexibility index (Phi) is 5.43. The number of hydrogen-bond donors (Lipinski definition) is 1. The lowest BCUT2D eigenvalue weighted by Crippen LogP contribution is -2.33. The molecule has 1 aromatic rings. The molecular formula is C11H18N4O4. The van der Waals surface area contributed by atoms with Crippen LogP contribution in [-0.2, 0) is 9.53 Å². The van der Waals surface area contributed by atoms with Gasteiger partial charge in [-0.05, 0) is 20.3 Å². The Morgan fingerprint density at radius 2 is 2.37 bits per heavy atom. The summed E-state index contributed by atoms with van der Waals surface area (Å²) in [5.41, 5.74) is 0.281. The Morgan fingerprint density at radius 1 is 1.68 bits per heavy atom. The molecule has 0 spiro atoms. The number of carbonyl (C=O) groups excluding carboxylic acids is 1. The van der Waals surface area contributed by atoms with Crippen LogP contribution in [0.15, 0.2) is 6.20 Å². The smallest absolute Gasteiger partial charge is 0.309 e. The molecule has 0 saturated heterocycles. The van der Waals surface area contributed by atoms with Gasteiger partial charge in [-0.2, -0.15) is 5.10 Å². The molecule has 1 heterocycles. The van der Waals surface area contributed by atoms with Gasteiger partial charge in [-0.1, -0.05) is 0 Å². The van der Waals surface area contributed by atoms with E-state index in [1.807, 2.05) is 0 Å². The highest BCUT2D eigenvalue weighted by Crippen LogP contribution is 2.19. The second-order valence-electron chi connectivity index (χ2n) is 4.13. The van der Waals surface area contributed by atoms with E-state index in [-0.39, 0.29) is 11.6 Å². The molecule has 0 radical (unpaired) electrons. The Hall–Kier alpha value is -1.96. The Morgan fingerprint density at radius 3 is 2.89 bits per heavy atom. The van der Waals surface area contributed by atoms with Gasteiger partial charge in [0.25, 0.3) is 0 Å². The number of nitrogens with zero attached hydrogens (tertiary/aromatic N) is 3. The summed E-state index contributed by atoms with van der Waals surface area (Å²) in [6.45, 7) is 4.29. The van der Waals surface area contributed by atoms with Crippen molar-refractivity contribution in [3.8, 4) is 0 Å². The van der Waals surface area contributed by atoms with Gasteiger partial charge >= 0.3 is 5.69 Å². The molecule has 1 aromatic heterocycles. The van der Waals surface area contributed by atoms with Crippen molar-refractivity contribution < 1.29 is 14.5 Å². The summed E-state index contributed by atoms with van der Waals surface area (Å²) in [6, 6.07) is -0.587. The molecular weight excluding hydrogens is 252 g/mol. The molecule has 1 unspecified atom stereocenters. The summed E-state index contributed by atoms with van der Waals surface area (Å²) in [6.07, 6.45) is 1.87. The third-order valence-corrected chi connectivity index (χ3v) is 2.79. The minimum atomic E-state index is -0.587. The van der Waals surface area contributed by atoms with Gasteiger partial charge in [0.2, 0.25) is 5.91 Å². The molecule has 1 rings (SSSR count). The number of aromatic nitrogens is 2. The maximum Gasteiger partial charge on any atom is 0.309 e. The molecule has 1 N–H and O–H groups in total. The number of nitro groups is 1. The average Bonchev–Trinajstić information content (AvgIpc) is 2.75. The minimum Gasteiger partial charge on any atom is -0.385 e. The van der Waals surface area contributed by atoms with Crippen molar-refractivity contribution in [1.29, 1.82) is 0 Å². The average molecular weight is 270 g/mol. The topological polar surface area (TPSA) is 99.3 Å². The van der Waals surface area contributed by atoms with E-state index in [4.69, 9.17) is 4.74 Å². The number of methoxy groups -OCH3 is 1. The van der Waals surface area contributed by atoms with Crippen molar-refractivity contribution in [1.82, 2.24) is 15.1 Å². The summed E-state index contributed by atoms with van der Waals surface area (Å²) in [5, 5.41) is 17.3. The monoisotopic (exact) mass is 270 g/mol. The van der Waals surface area contributed by atoms with Gasteiger partial charge in [-0.15, -0.1) is 0 Å². The van der Waals surface area contributed by atoms with Gasteiger partial charge in [0, 0.05) is 20.3 Å². The van der Waals surface area contributed by atoms with Crippen LogP contribution in [0.2, 0.25) is 0 Å². The van der Waals surface area contributed by atoms with E-state index in [1.54, 1.807) is 21.0 Å². The van der Waals surface area contributed by atoms with Gasteiger partial charge in [0.15, 0.2) is 0 Å². The number of rotatable bonds is 7. The largest absolute Gasteiger partial charge is 0.385 e. The highest BCUT2D eigenvalue weighted by atomic mass is 16.6. The van der Waals surface area contributed by atoms with E-state index in [9.17, 15) is 14.9 Å². The zero-order chi connectivity index (χ0) is 14.4. The maximum absolute atomic E-state index is 11.9. The van der Waals surface area contributed by atoms with Crippen LogP contribution in [0.4, 0.5) is 5.69 Å². The number of amides is 1. The second kappa shape index (κ2) is 6.83. The molecule has 19 heavy (non-hydrogen) atoms. The number of carbonyl (C=O) groups is 1. The predicted octanol–water partition coefficient (Wildman–Crippen LogP) is 0.813. The zero-order valence-electron chi connectivity index (χ0n) is 11.3. The van der Waals surface area contributed by atoms with Crippen molar-refractivity contribution in [3.63, 3.8) is 0 Å². The van der Waals surface area contributed by atoms with Crippen LogP contribution < -0.4 is 5.32 Å². The van der Waals surface area contributed by atoms with Gasteiger partial charge < -0.3 is 10.1 Å². The first kappa shape index (κ1) is 15.1. The van der Waals surface area contributed by atoms with E-state index in [2.05, 4.69) is 10.4 Å². The van der Waals surface area contributed by atoms with Crippen LogP contribution in [0, 0.1) is 17.0 Å². The maximum atomic E-state index is 11.9. The number of nitrogens with one attached hydrogen (secondary N) is 1. The molecule has 0 saturated carbocycles. The number of ether oxygens (including phenoxy) is 1. The summed E-state index contributed by atoms with van der Waals surface area (Å²) in [7, 11) is 1.59. The van der Waals surface area contributed by atoms with Crippen molar-refractivity contribution >= 4 is 11.6 Å². The highest BCUT2D eigenvalue weighted by Gasteiger charge is 2.23. The van der Waals surface area contributed by atoms with Crippen LogP contribution in [0.1, 0.15) is 25.1 Å². The van der Waals surface area contributed by atoms with Gasteiger partial charge in [-0.25, -0.2) is 0 Å². The van der Waals surface area contributed by atoms with Gasteiger partial charge in [0.1, 0.15) is 17.9 Å². The normalized spacial score (nSPS) is 12.2. The Bertz CT molecular complexity index is 458. The van der Waals surface area contributed by atoms with E-state index in [0.717, 1.165) is 6.20 Å². The molecule has 1 atom stereocenters. The quantitative estimate of drug-likeness (QED) is 0.449. The fraction of sp³-hybridized carbons (Fsp3) is 0.636. The van der Waals surface area contributed by atoms with Crippen molar-refractivity contribution in [3.05, 3.63) is 22.0 Å².